The quantitative estimate of drug-likeness (QED) is 0.794. The molecule has 2 nitrogen and oxygen atoms in total. The molecule has 1 unspecified atom stereocenters. The first-order valence-corrected chi connectivity index (χ1v) is 7.05. The minimum absolute atomic E-state index is 0.828. The molecule has 0 fully saturated rings. The van der Waals surface area contributed by atoms with E-state index < -0.39 is 0 Å². The standard InChI is InChI=1S/C13H20N2S/c1-2-13-15-12(10-16-13)9-14-8-11-6-4-3-5-7-11/h3-4,10-11,14H,2,5-9H2,1H3. The van der Waals surface area contributed by atoms with Gasteiger partial charge in [-0.15, -0.1) is 11.3 Å². The maximum atomic E-state index is 4.55. The van der Waals surface area contributed by atoms with Crippen molar-refractivity contribution in [1.29, 1.82) is 0 Å². The Hall–Kier alpha value is -0.670. The predicted molar refractivity (Wildman–Crippen MR) is 69.7 cm³/mol. The zero-order valence-electron chi connectivity index (χ0n) is 9.91. The van der Waals surface area contributed by atoms with Crippen LogP contribution in [-0.4, -0.2) is 11.5 Å². The monoisotopic (exact) mass is 236 g/mol. The van der Waals surface area contributed by atoms with Crippen molar-refractivity contribution in [2.45, 2.75) is 39.2 Å². The van der Waals surface area contributed by atoms with Crippen molar-refractivity contribution in [3.63, 3.8) is 0 Å². The Bertz CT molecular complexity index is 343. The number of nitrogens with zero attached hydrogens (tertiary/aromatic N) is 1. The molecule has 1 aromatic rings. The van der Waals surface area contributed by atoms with E-state index in [1.54, 1.807) is 11.3 Å². The summed E-state index contributed by atoms with van der Waals surface area (Å²) in [5.41, 5.74) is 1.20. The largest absolute Gasteiger partial charge is 0.311 e. The van der Waals surface area contributed by atoms with E-state index >= 15 is 0 Å². The van der Waals surface area contributed by atoms with E-state index in [-0.39, 0.29) is 0 Å². The zero-order valence-corrected chi connectivity index (χ0v) is 10.7. The van der Waals surface area contributed by atoms with Crippen LogP contribution in [0.3, 0.4) is 0 Å². The van der Waals surface area contributed by atoms with E-state index in [2.05, 4.69) is 34.8 Å². The van der Waals surface area contributed by atoms with Crippen LogP contribution in [0.15, 0.2) is 17.5 Å². The van der Waals surface area contributed by atoms with Gasteiger partial charge in [-0.05, 0) is 38.1 Å². The minimum atomic E-state index is 0.828. The van der Waals surface area contributed by atoms with Gasteiger partial charge in [-0.2, -0.15) is 0 Å². The molecule has 16 heavy (non-hydrogen) atoms. The number of nitrogens with one attached hydrogen (secondary N) is 1. The molecule has 0 radical (unpaired) electrons. The van der Waals surface area contributed by atoms with E-state index in [0.717, 1.165) is 25.4 Å². The highest BCUT2D eigenvalue weighted by Gasteiger charge is 2.09. The lowest BCUT2D eigenvalue weighted by atomic mass is 9.94. The molecule has 1 aliphatic carbocycles. The van der Waals surface area contributed by atoms with Crippen LogP contribution in [0.5, 0.6) is 0 Å². The molecular weight excluding hydrogens is 216 g/mol. The fourth-order valence-corrected chi connectivity index (χ4v) is 2.78. The summed E-state index contributed by atoms with van der Waals surface area (Å²) in [6.45, 7) is 4.21. The number of hydrogen-bond donors (Lipinski definition) is 1. The molecular formula is C13H20N2S. The SMILES string of the molecule is CCc1nc(CNCC2CC=CCC2)cs1. The fourth-order valence-electron chi connectivity index (χ4n) is 2.04. The lowest BCUT2D eigenvalue weighted by Crippen LogP contribution is -2.23. The van der Waals surface area contributed by atoms with Crippen molar-refractivity contribution in [3.05, 3.63) is 28.2 Å². The second-order valence-electron chi connectivity index (χ2n) is 4.37. The molecule has 3 heteroatoms. The van der Waals surface area contributed by atoms with E-state index in [4.69, 9.17) is 0 Å². The van der Waals surface area contributed by atoms with Crippen LogP contribution in [0.25, 0.3) is 0 Å². The Balaban J connectivity index is 1.69. The third-order valence-corrected chi connectivity index (χ3v) is 4.06. The van der Waals surface area contributed by atoms with E-state index in [0.29, 0.717) is 0 Å². The van der Waals surface area contributed by atoms with Crippen LogP contribution in [0.2, 0.25) is 0 Å². The van der Waals surface area contributed by atoms with Gasteiger partial charge in [0.2, 0.25) is 0 Å². The Morgan fingerprint density at radius 3 is 3.12 bits per heavy atom. The van der Waals surface area contributed by atoms with Gasteiger partial charge in [0.05, 0.1) is 10.7 Å². The first-order valence-electron chi connectivity index (χ1n) is 6.17. The molecule has 1 N–H and O–H groups in total. The van der Waals surface area contributed by atoms with Gasteiger partial charge in [0.25, 0.3) is 0 Å². The van der Waals surface area contributed by atoms with E-state index in [1.165, 1.54) is 30.0 Å². The summed E-state index contributed by atoms with van der Waals surface area (Å²) >= 11 is 1.77. The van der Waals surface area contributed by atoms with Gasteiger partial charge in [0, 0.05) is 11.9 Å². The maximum Gasteiger partial charge on any atom is 0.0926 e. The van der Waals surface area contributed by atoms with Crippen LogP contribution < -0.4 is 5.32 Å². The van der Waals surface area contributed by atoms with Crippen molar-refractivity contribution in [1.82, 2.24) is 10.3 Å². The molecule has 0 saturated heterocycles. The third kappa shape index (κ3) is 3.42. The summed E-state index contributed by atoms with van der Waals surface area (Å²) < 4.78 is 0. The fraction of sp³-hybridized carbons (Fsp3) is 0.615. The highest BCUT2D eigenvalue weighted by molar-refractivity contribution is 7.09. The van der Waals surface area contributed by atoms with Crippen molar-refractivity contribution >= 4 is 11.3 Å². The zero-order chi connectivity index (χ0) is 11.2. The van der Waals surface area contributed by atoms with Gasteiger partial charge in [-0.25, -0.2) is 4.98 Å². The molecule has 88 valence electrons. The molecule has 2 rings (SSSR count). The Morgan fingerprint density at radius 1 is 1.50 bits per heavy atom. The number of allylic oxidation sites excluding steroid dienone is 2. The molecule has 1 atom stereocenters. The summed E-state index contributed by atoms with van der Waals surface area (Å²) in [6, 6.07) is 0. The average Bonchev–Trinajstić information content (AvgIpc) is 2.78. The lowest BCUT2D eigenvalue weighted by molar-refractivity contribution is 0.439. The van der Waals surface area contributed by atoms with Gasteiger partial charge in [0.1, 0.15) is 0 Å². The number of aryl methyl sites for hydroxylation is 1. The second-order valence-corrected chi connectivity index (χ2v) is 5.31. The molecule has 0 bridgehead atoms. The minimum Gasteiger partial charge on any atom is -0.311 e. The molecule has 0 aliphatic heterocycles. The molecule has 0 amide bonds. The molecule has 1 heterocycles. The number of hydrogen-bond acceptors (Lipinski definition) is 3. The smallest absolute Gasteiger partial charge is 0.0926 e. The van der Waals surface area contributed by atoms with Crippen molar-refractivity contribution in [3.8, 4) is 0 Å². The summed E-state index contributed by atoms with van der Waals surface area (Å²) in [6.07, 6.45) is 9.49. The predicted octanol–water partition coefficient (Wildman–Crippen LogP) is 3.15. The summed E-state index contributed by atoms with van der Waals surface area (Å²) in [5, 5.41) is 6.94. The van der Waals surface area contributed by atoms with E-state index in [9.17, 15) is 0 Å². The van der Waals surface area contributed by atoms with Gasteiger partial charge < -0.3 is 5.32 Å². The number of thiazole rings is 1. The van der Waals surface area contributed by atoms with Crippen molar-refractivity contribution in [2.75, 3.05) is 6.54 Å². The normalized spacial score (nSPS) is 20.2. The molecule has 0 aromatic carbocycles. The van der Waals surface area contributed by atoms with Crippen molar-refractivity contribution in [2.24, 2.45) is 5.92 Å². The van der Waals surface area contributed by atoms with Crippen LogP contribution in [0.1, 0.15) is 36.9 Å². The molecule has 0 saturated carbocycles. The van der Waals surface area contributed by atoms with Gasteiger partial charge in [-0.1, -0.05) is 19.1 Å². The maximum absolute atomic E-state index is 4.55. The Kier molecular flexibility index (Phi) is 4.55. The van der Waals surface area contributed by atoms with Crippen LogP contribution in [0.4, 0.5) is 0 Å². The van der Waals surface area contributed by atoms with E-state index in [1.807, 2.05) is 0 Å². The number of rotatable bonds is 5. The summed E-state index contributed by atoms with van der Waals surface area (Å²) in [7, 11) is 0. The average molecular weight is 236 g/mol. The van der Waals surface area contributed by atoms with Crippen LogP contribution >= 0.6 is 11.3 Å². The third-order valence-electron chi connectivity index (χ3n) is 3.02. The summed E-state index contributed by atoms with van der Waals surface area (Å²) in [5.74, 6) is 0.828. The highest BCUT2D eigenvalue weighted by atomic mass is 32.1. The number of aromatic nitrogens is 1. The molecule has 0 spiro atoms. The first-order chi connectivity index (χ1) is 7.88. The lowest BCUT2D eigenvalue weighted by Gasteiger charge is -2.17. The van der Waals surface area contributed by atoms with Gasteiger partial charge in [-0.3, -0.25) is 0 Å². The second kappa shape index (κ2) is 6.16. The highest BCUT2D eigenvalue weighted by Crippen LogP contribution is 2.17. The summed E-state index contributed by atoms with van der Waals surface area (Å²) in [4.78, 5) is 4.55. The molecule has 1 aliphatic rings. The first kappa shape index (κ1) is 11.8. The molecule has 1 aromatic heterocycles. The Morgan fingerprint density at radius 2 is 2.44 bits per heavy atom. The Labute approximate surface area is 102 Å². The topological polar surface area (TPSA) is 24.9 Å². The van der Waals surface area contributed by atoms with Crippen LogP contribution in [0, 0.1) is 5.92 Å². The van der Waals surface area contributed by atoms with Gasteiger partial charge >= 0.3 is 0 Å². The van der Waals surface area contributed by atoms with Gasteiger partial charge in [0.15, 0.2) is 0 Å². The van der Waals surface area contributed by atoms with Crippen LogP contribution in [-0.2, 0) is 13.0 Å². The van der Waals surface area contributed by atoms with Crippen molar-refractivity contribution < 1.29 is 0 Å².